The quantitative estimate of drug-likeness (QED) is 0.723. The number of piperazine rings is 1. The van der Waals surface area contributed by atoms with Crippen LogP contribution in [0.1, 0.15) is 36.5 Å². The first-order valence-electron chi connectivity index (χ1n) is 11.2. The van der Waals surface area contributed by atoms with Crippen LogP contribution in [0.25, 0.3) is 0 Å². The Morgan fingerprint density at radius 2 is 1.29 bits per heavy atom. The first-order chi connectivity index (χ1) is 14.8. The molecule has 2 aromatic rings. The highest BCUT2D eigenvalue weighted by atomic mass is 32.2. The first kappa shape index (κ1) is 22.0. The van der Waals surface area contributed by atoms with E-state index < -0.39 is 10.0 Å². The molecule has 0 bridgehead atoms. The number of anilines is 2. The van der Waals surface area contributed by atoms with Crippen molar-refractivity contribution in [3.63, 3.8) is 0 Å². The van der Waals surface area contributed by atoms with Crippen molar-refractivity contribution in [1.82, 2.24) is 14.5 Å². The van der Waals surface area contributed by atoms with Gasteiger partial charge in [0.25, 0.3) is 0 Å². The molecule has 0 atom stereocenters. The molecule has 2 aliphatic rings. The summed E-state index contributed by atoms with van der Waals surface area (Å²) in [5.74, 6) is 2.53. The number of sulfonamides is 1. The summed E-state index contributed by atoms with van der Waals surface area (Å²) in [7, 11) is -3.50. The van der Waals surface area contributed by atoms with Crippen LogP contribution in [0.4, 0.5) is 11.6 Å². The zero-order chi connectivity index (χ0) is 22.2. The molecule has 2 aliphatic heterocycles. The molecule has 7 nitrogen and oxygen atoms in total. The van der Waals surface area contributed by atoms with Crippen LogP contribution < -0.4 is 9.80 Å². The third-order valence-corrected chi connectivity index (χ3v) is 8.76. The zero-order valence-electron chi connectivity index (χ0n) is 19.0. The second-order valence-electron chi connectivity index (χ2n) is 9.01. The molecule has 3 heterocycles. The maximum Gasteiger partial charge on any atom is 0.243 e. The fraction of sp³-hybridized carbons (Fsp3) is 0.565. The number of hydrogen-bond acceptors (Lipinski definition) is 6. The van der Waals surface area contributed by atoms with E-state index in [0.717, 1.165) is 47.3 Å². The minimum Gasteiger partial charge on any atom is -0.355 e. The van der Waals surface area contributed by atoms with Crippen LogP contribution in [0.2, 0.25) is 0 Å². The highest BCUT2D eigenvalue weighted by Gasteiger charge is 2.30. The first-order valence-corrected chi connectivity index (χ1v) is 12.6. The van der Waals surface area contributed by atoms with Crippen LogP contribution in [0.3, 0.4) is 0 Å². The van der Waals surface area contributed by atoms with Crippen LogP contribution in [-0.4, -0.2) is 62.2 Å². The molecule has 1 aromatic carbocycles. The third-order valence-electron chi connectivity index (χ3n) is 6.72. The maximum atomic E-state index is 13.2. The van der Waals surface area contributed by atoms with Crippen molar-refractivity contribution < 1.29 is 8.42 Å². The molecular weight excluding hydrogens is 410 g/mol. The molecule has 2 saturated heterocycles. The Morgan fingerprint density at radius 1 is 0.774 bits per heavy atom. The van der Waals surface area contributed by atoms with Crippen molar-refractivity contribution in [3.05, 3.63) is 41.0 Å². The van der Waals surface area contributed by atoms with Crippen molar-refractivity contribution in [2.45, 2.75) is 45.4 Å². The Hall–Kier alpha value is -2.19. The van der Waals surface area contributed by atoms with E-state index in [1.165, 1.54) is 12.8 Å². The van der Waals surface area contributed by atoms with Gasteiger partial charge in [0.2, 0.25) is 10.0 Å². The van der Waals surface area contributed by atoms with Gasteiger partial charge < -0.3 is 9.80 Å². The Bertz CT molecular complexity index is 1020. The fourth-order valence-electron chi connectivity index (χ4n) is 4.40. The van der Waals surface area contributed by atoms with Crippen molar-refractivity contribution in [2.24, 2.45) is 5.92 Å². The summed E-state index contributed by atoms with van der Waals surface area (Å²) < 4.78 is 28.1. The van der Waals surface area contributed by atoms with Crippen molar-refractivity contribution >= 4 is 21.7 Å². The third kappa shape index (κ3) is 4.55. The number of rotatable bonds is 4. The Kier molecular flexibility index (Phi) is 6.21. The summed E-state index contributed by atoms with van der Waals surface area (Å²) in [6.45, 7) is 12.3. The van der Waals surface area contributed by atoms with Crippen molar-refractivity contribution in [3.8, 4) is 0 Å². The van der Waals surface area contributed by atoms with Crippen LogP contribution in [-0.2, 0) is 10.0 Å². The number of benzene rings is 1. The van der Waals surface area contributed by atoms with Crippen LogP contribution in [0.5, 0.6) is 0 Å². The van der Waals surface area contributed by atoms with Gasteiger partial charge in [-0.15, -0.1) is 10.2 Å². The monoisotopic (exact) mass is 443 g/mol. The lowest BCUT2D eigenvalue weighted by atomic mass is 9.99. The predicted molar refractivity (Wildman–Crippen MR) is 124 cm³/mol. The average Bonchev–Trinajstić information content (AvgIpc) is 2.77. The summed E-state index contributed by atoms with van der Waals surface area (Å²) >= 11 is 0. The molecule has 0 amide bonds. The minimum atomic E-state index is -3.50. The van der Waals surface area contributed by atoms with Gasteiger partial charge >= 0.3 is 0 Å². The largest absolute Gasteiger partial charge is 0.355 e. The molecule has 168 valence electrons. The van der Waals surface area contributed by atoms with Crippen molar-refractivity contribution in [1.29, 1.82) is 0 Å². The van der Waals surface area contributed by atoms with Crippen LogP contribution >= 0.6 is 0 Å². The lowest BCUT2D eigenvalue weighted by Crippen LogP contribution is -2.49. The zero-order valence-corrected chi connectivity index (χ0v) is 19.8. The molecule has 0 aliphatic carbocycles. The lowest BCUT2D eigenvalue weighted by Gasteiger charge is -2.35. The fourth-order valence-corrected chi connectivity index (χ4v) is 6.12. The van der Waals surface area contributed by atoms with Gasteiger partial charge in [0.05, 0.1) is 4.90 Å². The van der Waals surface area contributed by atoms with Gasteiger partial charge in [0.15, 0.2) is 11.6 Å². The second kappa shape index (κ2) is 8.74. The molecule has 0 saturated carbocycles. The van der Waals surface area contributed by atoms with E-state index in [1.807, 2.05) is 39.0 Å². The lowest BCUT2D eigenvalue weighted by molar-refractivity contribution is 0.383. The molecule has 2 fully saturated rings. The molecular formula is C23H33N5O2S. The number of piperidine rings is 1. The van der Waals surface area contributed by atoms with E-state index in [9.17, 15) is 8.42 Å². The van der Waals surface area contributed by atoms with Gasteiger partial charge in [-0.3, -0.25) is 0 Å². The van der Waals surface area contributed by atoms with Crippen LogP contribution in [0, 0.1) is 26.7 Å². The van der Waals surface area contributed by atoms with E-state index in [4.69, 9.17) is 0 Å². The summed E-state index contributed by atoms with van der Waals surface area (Å²) in [6, 6.07) is 7.81. The number of nitrogens with zero attached hydrogens (tertiary/aromatic N) is 5. The molecule has 4 rings (SSSR count). The van der Waals surface area contributed by atoms with Gasteiger partial charge in [0, 0.05) is 39.3 Å². The smallest absolute Gasteiger partial charge is 0.243 e. The standard InChI is InChI=1S/C23H33N5O2S/c1-17-7-9-26(10-8-17)22-5-6-23(25-24-22)27-11-13-28(14-12-27)31(29,30)21-16-19(3)18(2)15-20(21)4/h5-6,15-17H,7-14H2,1-4H3. The topological polar surface area (TPSA) is 69.6 Å². The Balaban J connectivity index is 1.41. The SMILES string of the molecule is Cc1cc(C)c(S(=O)(=O)N2CCN(c3ccc(N4CCC(C)CC4)nn3)CC2)cc1C. The molecule has 0 unspecified atom stereocenters. The van der Waals surface area contributed by atoms with E-state index in [-0.39, 0.29) is 0 Å². The molecule has 0 radical (unpaired) electrons. The van der Waals surface area contributed by atoms with Gasteiger partial charge in [-0.05, 0) is 74.4 Å². The highest BCUT2D eigenvalue weighted by molar-refractivity contribution is 7.89. The van der Waals surface area contributed by atoms with E-state index in [1.54, 1.807) is 10.4 Å². The molecule has 31 heavy (non-hydrogen) atoms. The number of aryl methyl sites for hydroxylation is 3. The normalized spacial score (nSPS) is 19.1. The van der Waals surface area contributed by atoms with E-state index >= 15 is 0 Å². The number of hydrogen-bond donors (Lipinski definition) is 0. The molecule has 8 heteroatoms. The Labute approximate surface area is 186 Å². The average molecular weight is 444 g/mol. The summed E-state index contributed by atoms with van der Waals surface area (Å²) in [5, 5.41) is 8.89. The van der Waals surface area contributed by atoms with Gasteiger partial charge in [-0.25, -0.2) is 8.42 Å². The number of aromatic nitrogens is 2. The second-order valence-corrected chi connectivity index (χ2v) is 10.9. The minimum absolute atomic E-state index is 0.420. The van der Waals surface area contributed by atoms with Gasteiger partial charge in [-0.2, -0.15) is 4.31 Å². The van der Waals surface area contributed by atoms with E-state index in [0.29, 0.717) is 31.1 Å². The van der Waals surface area contributed by atoms with Gasteiger partial charge in [-0.1, -0.05) is 13.0 Å². The summed E-state index contributed by atoms with van der Waals surface area (Å²) in [4.78, 5) is 4.84. The molecule has 0 spiro atoms. The van der Waals surface area contributed by atoms with Gasteiger partial charge in [0.1, 0.15) is 0 Å². The maximum absolute atomic E-state index is 13.2. The highest BCUT2D eigenvalue weighted by Crippen LogP contribution is 2.26. The predicted octanol–water partition coefficient (Wildman–Crippen LogP) is 3.15. The summed E-state index contributed by atoms with van der Waals surface area (Å²) in [6.07, 6.45) is 2.39. The van der Waals surface area contributed by atoms with Crippen molar-refractivity contribution in [2.75, 3.05) is 49.1 Å². The van der Waals surface area contributed by atoms with Crippen LogP contribution in [0.15, 0.2) is 29.2 Å². The molecule has 0 N–H and O–H groups in total. The summed E-state index contributed by atoms with van der Waals surface area (Å²) in [5.41, 5.74) is 2.92. The Morgan fingerprint density at radius 3 is 1.84 bits per heavy atom. The van der Waals surface area contributed by atoms with E-state index in [2.05, 4.69) is 26.9 Å². The molecule has 1 aromatic heterocycles.